The topological polar surface area (TPSA) is 49.2 Å². The molecule has 6 heteroatoms. The molecule has 1 saturated heterocycles. The van der Waals surface area contributed by atoms with Gasteiger partial charge in [-0.25, -0.2) is 0 Å². The Morgan fingerprint density at radius 1 is 0.431 bits per heavy atom. The number of benzene rings is 7. The minimum absolute atomic E-state index is 0.0751. The number of para-hydroxylation sites is 1. The lowest BCUT2D eigenvalue weighted by atomic mass is 9.99. The van der Waals surface area contributed by atoms with E-state index in [9.17, 15) is 0 Å². The minimum Gasteiger partial charge on any atom is -0.456 e. The quantitative estimate of drug-likeness (QED) is 0.172. The fourth-order valence-electron chi connectivity index (χ4n) is 8.07. The maximum atomic E-state index is 6.31. The van der Waals surface area contributed by atoms with Gasteiger partial charge < -0.3 is 4.42 Å². The molecule has 51 heavy (non-hydrogen) atoms. The molecule has 1 aliphatic heterocycles. The summed E-state index contributed by atoms with van der Waals surface area (Å²) < 4.78 is 11.6. The summed E-state index contributed by atoms with van der Waals surface area (Å²) in [6.07, 6.45) is -0.323. The Kier molecular flexibility index (Phi) is 6.69. The van der Waals surface area contributed by atoms with E-state index in [4.69, 9.17) is 4.42 Å². The van der Waals surface area contributed by atoms with Gasteiger partial charge in [0.25, 0.3) is 0 Å². The smallest absolute Gasteiger partial charge is 0.135 e. The van der Waals surface area contributed by atoms with Gasteiger partial charge in [0.2, 0.25) is 0 Å². The molecule has 10 aromatic rings. The molecule has 7 aromatic carbocycles. The van der Waals surface area contributed by atoms with Crippen LogP contribution >= 0.6 is 22.7 Å². The Labute approximate surface area is 302 Å². The summed E-state index contributed by atoms with van der Waals surface area (Å²) in [5, 5.41) is 19.3. The lowest BCUT2D eigenvalue weighted by molar-refractivity contribution is 0.205. The molecule has 3 N–H and O–H groups in total. The second-order valence-corrected chi connectivity index (χ2v) is 15.5. The highest BCUT2D eigenvalue weighted by Crippen LogP contribution is 2.44. The van der Waals surface area contributed by atoms with E-state index in [1.165, 1.54) is 68.2 Å². The summed E-state index contributed by atoms with van der Waals surface area (Å²) in [4.78, 5) is 0. The van der Waals surface area contributed by atoms with Gasteiger partial charge in [-0.3, -0.25) is 16.0 Å². The van der Waals surface area contributed by atoms with Gasteiger partial charge in [-0.1, -0.05) is 121 Å². The van der Waals surface area contributed by atoms with Crippen molar-refractivity contribution in [1.82, 2.24) is 16.0 Å². The van der Waals surface area contributed by atoms with Gasteiger partial charge in [-0.2, -0.15) is 0 Å². The number of fused-ring (bicyclic) bond motifs is 9. The van der Waals surface area contributed by atoms with Crippen molar-refractivity contribution in [3.8, 4) is 11.1 Å². The van der Waals surface area contributed by atoms with E-state index in [-0.39, 0.29) is 18.5 Å². The van der Waals surface area contributed by atoms with E-state index in [1.54, 1.807) is 0 Å². The fourth-order valence-corrected chi connectivity index (χ4v) is 10.5. The predicted octanol–water partition coefficient (Wildman–Crippen LogP) is 12.2. The zero-order valence-corrected chi connectivity index (χ0v) is 29.0. The van der Waals surface area contributed by atoms with Crippen LogP contribution in [0.5, 0.6) is 0 Å². The van der Waals surface area contributed by atoms with Crippen molar-refractivity contribution in [3.05, 3.63) is 168 Å². The van der Waals surface area contributed by atoms with Gasteiger partial charge in [0.05, 0.1) is 18.5 Å². The van der Waals surface area contributed by atoms with Crippen molar-refractivity contribution < 1.29 is 4.42 Å². The molecule has 4 nitrogen and oxygen atoms in total. The Hall–Kier alpha value is -5.34. The van der Waals surface area contributed by atoms with Crippen molar-refractivity contribution in [2.75, 3.05) is 0 Å². The molecule has 4 heterocycles. The summed E-state index contributed by atoms with van der Waals surface area (Å²) in [5.41, 5.74) is 7.98. The van der Waals surface area contributed by atoms with Crippen LogP contribution in [-0.2, 0) is 0 Å². The summed E-state index contributed by atoms with van der Waals surface area (Å²) in [6.45, 7) is 0. The molecule has 0 aliphatic carbocycles. The summed E-state index contributed by atoms with van der Waals surface area (Å²) in [7, 11) is 0. The van der Waals surface area contributed by atoms with Crippen molar-refractivity contribution in [2.45, 2.75) is 18.5 Å². The van der Waals surface area contributed by atoms with E-state index in [2.05, 4.69) is 162 Å². The molecular formula is C45H31N3OS2. The van der Waals surface area contributed by atoms with Gasteiger partial charge in [-0.15, -0.1) is 22.7 Å². The van der Waals surface area contributed by atoms with E-state index in [1.807, 2.05) is 28.7 Å². The van der Waals surface area contributed by atoms with E-state index < -0.39 is 0 Å². The summed E-state index contributed by atoms with van der Waals surface area (Å²) in [6, 6.07) is 54.7. The maximum Gasteiger partial charge on any atom is 0.135 e. The average molecular weight is 694 g/mol. The standard InChI is InChI=1S/C45H31N3OS2/c1-2-11-26(12-3-1)43-46-44(33-18-10-21-37-40(33)32-14-4-6-20-36(32)49-37)48-45(47-43)34-19-9-17-31-35-25-27(23-24-39(35)51-42(31)34)28-15-8-16-30-29-13-5-7-22-38(29)50-41(28)30/h1-25,43-48H. The van der Waals surface area contributed by atoms with Crippen LogP contribution < -0.4 is 16.0 Å². The first-order valence-corrected chi connectivity index (χ1v) is 19.0. The summed E-state index contributed by atoms with van der Waals surface area (Å²) >= 11 is 3.77. The number of rotatable bonds is 4. The third-order valence-electron chi connectivity index (χ3n) is 10.4. The molecule has 0 radical (unpaired) electrons. The van der Waals surface area contributed by atoms with Gasteiger partial charge in [0.1, 0.15) is 11.2 Å². The zero-order chi connectivity index (χ0) is 33.5. The van der Waals surface area contributed by atoms with Crippen LogP contribution in [0.25, 0.3) is 73.4 Å². The van der Waals surface area contributed by atoms with Crippen molar-refractivity contribution in [1.29, 1.82) is 0 Å². The molecule has 1 fully saturated rings. The molecule has 3 atom stereocenters. The molecule has 3 aromatic heterocycles. The van der Waals surface area contributed by atoms with Crippen LogP contribution in [0, 0.1) is 0 Å². The molecule has 244 valence electrons. The third-order valence-corrected chi connectivity index (χ3v) is 12.9. The van der Waals surface area contributed by atoms with Gasteiger partial charge in [0.15, 0.2) is 0 Å². The number of thiophene rings is 2. The van der Waals surface area contributed by atoms with E-state index >= 15 is 0 Å². The van der Waals surface area contributed by atoms with Crippen LogP contribution in [0.1, 0.15) is 35.2 Å². The lowest BCUT2D eigenvalue weighted by Crippen LogP contribution is -2.54. The largest absolute Gasteiger partial charge is 0.456 e. The minimum atomic E-state index is -0.135. The first kappa shape index (κ1) is 29.4. The van der Waals surface area contributed by atoms with Crippen LogP contribution in [0.2, 0.25) is 0 Å². The van der Waals surface area contributed by atoms with Crippen molar-refractivity contribution in [3.63, 3.8) is 0 Å². The van der Waals surface area contributed by atoms with Gasteiger partial charge in [-0.05, 0) is 52.6 Å². The Balaban J connectivity index is 1.04. The molecule has 0 bridgehead atoms. The number of hydrogen-bond donors (Lipinski definition) is 3. The van der Waals surface area contributed by atoms with E-state index in [0.717, 1.165) is 21.9 Å². The fraction of sp³-hybridized carbons (Fsp3) is 0.0667. The third kappa shape index (κ3) is 4.69. The molecule has 0 spiro atoms. The Bertz CT molecular complexity index is 2940. The molecule has 0 saturated carbocycles. The highest BCUT2D eigenvalue weighted by molar-refractivity contribution is 7.26. The SMILES string of the molecule is c1ccc(C2NC(c3cccc4c3sc3ccc(-c5cccc6c5sc5ccccc56)cc34)NC(c3cccc4oc5ccccc5c34)N2)cc1. The highest BCUT2D eigenvalue weighted by atomic mass is 32.1. The van der Waals surface area contributed by atoms with Crippen molar-refractivity contribution >= 4 is 85.0 Å². The Morgan fingerprint density at radius 3 is 1.96 bits per heavy atom. The monoisotopic (exact) mass is 693 g/mol. The highest BCUT2D eigenvalue weighted by Gasteiger charge is 2.32. The Morgan fingerprint density at radius 2 is 1.06 bits per heavy atom. The van der Waals surface area contributed by atoms with Gasteiger partial charge in [0, 0.05) is 56.7 Å². The molecule has 1 aliphatic rings. The van der Waals surface area contributed by atoms with Crippen LogP contribution in [0.15, 0.2) is 156 Å². The number of nitrogens with one attached hydrogen (secondary N) is 3. The second-order valence-electron chi connectivity index (χ2n) is 13.3. The lowest BCUT2D eigenvalue weighted by Gasteiger charge is -2.40. The molecule has 11 rings (SSSR count). The van der Waals surface area contributed by atoms with Crippen molar-refractivity contribution in [2.24, 2.45) is 0 Å². The molecule has 3 unspecified atom stereocenters. The van der Waals surface area contributed by atoms with E-state index in [0.29, 0.717) is 0 Å². The maximum absolute atomic E-state index is 6.31. The predicted molar refractivity (Wildman–Crippen MR) is 215 cm³/mol. The number of furan rings is 1. The zero-order valence-electron chi connectivity index (χ0n) is 27.4. The summed E-state index contributed by atoms with van der Waals surface area (Å²) in [5.74, 6) is 0. The molecule has 0 amide bonds. The van der Waals surface area contributed by atoms with Crippen LogP contribution in [0.4, 0.5) is 0 Å². The number of hydrogen-bond acceptors (Lipinski definition) is 6. The first-order valence-electron chi connectivity index (χ1n) is 17.4. The van der Waals surface area contributed by atoms with Crippen LogP contribution in [-0.4, -0.2) is 0 Å². The first-order chi connectivity index (χ1) is 25.3. The average Bonchev–Trinajstić information content (AvgIpc) is 3.89. The van der Waals surface area contributed by atoms with Gasteiger partial charge >= 0.3 is 0 Å². The molecular weight excluding hydrogens is 663 g/mol. The second kappa shape index (κ2) is 11.6. The normalized spacial score (nSPS) is 18.2. The van der Waals surface area contributed by atoms with Crippen LogP contribution in [0.3, 0.4) is 0 Å².